The summed E-state index contributed by atoms with van der Waals surface area (Å²) in [6, 6.07) is 2.97. The van der Waals surface area contributed by atoms with Gasteiger partial charge in [0.2, 0.25) is 17.2 Å². The smallest absolute Gasteiger partial charge is 0.409 e. The monoisotopic (exact) mass is 593 g/mol. The number of ether oxygens (including phenoxy) is 1. The maximum atomic E-state index is 14.0. The van der Waals surface area contributed by atoms with Gasteiger partial charge in [-0.05, 0) is 32.0 Å². The number of hydrogen-bond donors (Lipinski definition) is 5. The molecule has 41 heavy (non-hydrogen) atoms. The summed E-state index contributed by atoms with van der Waals surface area (Å²) in [5.74, 6) is -3.91. The lowest BCUT2D eigenvalue weighted by atomic mass is 9.93. The predicted molar refractivity (Wildman–Crippen MR) is 149 cm³/mol. The van der Waals surface area contributed by atoms with Crippen molar-refractivity contribution >= 4 is 39.6 Å². The SMILES string of the molecule is CCCN(C(=O)C1=C(O)C(=O)C(C(=N)SC(=N)Cc2ccc(F)cc2F)=C[NH2+]1)C1(NC)CCN(C(=O)OCC)CC1. The molecule has 2 aliphatic heterocycles. The molecule has 2 amide bonds. The molecule has 2 heterocycles. The van der Waals surface area contributed by atoms with E-state index in [0.29, 0.717) is 56.7 Å². The topological polar surface area (TPSA) is 163 Å². The number of Topliss-reactive ketones (excluding diaryl/α,β-unsaturated/α-hetero) is 1. The first-order valence-electron chi connectivity index (χ1n) is 13.2. The average molecular weight is 594 g/mol. The molecular weight excluding hydrogens is 558 g/mol. The summed E-state index contributed by atoms with van der Waals surface area (Å²) in [5, 5.41) is 31.1. The molecule has 1 aromatic rings. The number of nitrogens with one attached hydrogen (secondary N) is 3. The highest BCUT2D eigenvalue weighted by Gasteiger charge is 2.45. The summed E-state index contributed by atoms with van der Waals surface area (Å²) >= 11 is 0.591. The molecule has 0 spiro atoms. The molecule has 11 nitrogen and oxygen atoms in total. The highest BCUT2D eigenvalue weighted by atomic mass is 32.2. The van der Waals surface area contributed by atoms with E-state index in [1.807, 2.05) is 6.92 Å². The molecule has 0 radical (unpaired) electrons. The van der Waals surface area contributed by atoms with Crippen LogP contribution in [0.5, 0.6) is 0 Å². The first-order valence-corrected chi connectivity index (χ1v) is 14.0. The number of rotatable bonds is 9. The molecule has 0 aliphatic carbocycles. The van der Waals surface area contributed by atoms with Crippen LogP contribution in [0.1, 0.15) is 38.7 Å². The molecule has 1 aromatic carbocycles. The van der Waals surface area contributed by atoms with E-state index in [4.69, 9.17) is 15.6 Å². The minimum atomic E-state index is -0.943. The maximum Gasteiger partial charge on any atom is 0.409 e. The molecule has 0 aromatic heterocycles. The molecule has 0 bridgehead atoms. The number of nitrogens with two attached hydrogens (primary N) is 1. The van der Waals surface area contributed by atoms with Gasteiger partial charge in [-0.2, -0.15) is 0 Å². The van der Waals surface area contributed by atoms with Crippen LogP contribution in [-0.2, 0) is 20.7 Å². The highest BCUT2D eigenvalue weighted by molar-refractivity contribution is 8.26. The fourth-order valence-corrected chi connectivity index (χ4v) is 5.53. The molecule has 0 unspecified atom stereocenters. The Labute approximate surface area is 241 Å². The van der Waals surface area contributed by atoms with Gasteiger partial charge < -0.3 is 19.6 Å². The minimum absolute atomic E-state index is 0.0606. The van der Waals surface area contributed by atoms with Crippen LogP contribution in [0.15, 0.2) is 41.4 Å². The van der Waals surface area contributed by atoms with Crippen molar-refractivity contribution in [3.63, 3.8) is 0 Å². The molecule has 1 saturated heterocycles. The number of benzene rings is 1. The zero-order chi connectivity index (χ0) is 30.3. The van der Waals surface area contributed by atoms with Crippen LogP contribution in [0.3, 0.4) is 0 Å². The third-order valence-electron chi connectivity index (χ3n) is 6.99. The minimum Gasteiger partial charge on any atom is -0.500 e. The van der Waals surface area contributed by atoms with Gasteiger partial charge in [0, 0.05) is 45.0 Å². The van der Waals surface area contributed by atoms with Gasteiger partial charge >= 0.3 is 12.0 Å². The third-order valence-corrected chi connectivity index (χ3v) is 7.80. The zero-order valence-corrected chi connectivity index (χ0v) is 24.0. The number of aliphatic hydroxyl groups excluding tert-OH is 1. The van der Waals surface area contributed by atoms with Gasteiger partial charge in [-0.1, -0.05) is 24.8 Å². The number of ketones is 1. The quantitative estimate of drug-likeness (QED) is 0.167. The molecule has 6 N–H and O–H groups in total. The Morgan fingerprint density at radius 1 is 1.24 bits per heavy atom. The lowest BCUT2D eigenvalue weighted by molar-refractivity contribution is -0.532. The number of hydrogen-bond acceptors (Lipinski definition) is 9. The Morgan fingerprint density at radius 3 is 2.51 bits per heavy atom. The molecular formula is C27H35F2N6O5S+. The van der Waals surface area contributed by atoms with Crippen LogP contribution in [0.25, 0.3) is 0 Å². The Balaban J connectivity index is 1.73. The lowest BCUT2D eigenvalue weighted by Gasteiger charge is -2.48. The number of carbonyl (C=O) groups is 3. The van der Waals surface area contributed by atoms with E-state index in [1.54, 1.807) is 23.8 Å². The predicted octanol–water partition coefficient (Wildman–Crippen LogP) is 2.40. The Bertz CT molecular complexity index is 1290. The van der Waals surface area contributed by atoms with E-state index in [9.17, 15) is 28.3 Å². The fourth-order valence-electron chi connectivity index (χ4n) is 4.78. The Morgan fingerprint density at radius 2 is 1.93 bits per heavy atom. The van der Waals surface area contributed by atoms with Gasteiger partial charge in [0.25, 0.3) is 0 Å². The number of nitrogens with zero attached hydrogens (tertiary/aromatic N) is 2. The molecule has 222 valence electrons. The highest BCUT2D eigenvalue weighted by Crippen LogP contribution is 2.29. The first-order chi connectivity index (χ1) is 19.5. The number of halogens is 2. The van der Waals surface area contributed by atoms with E-state index in [2.05, 4.69) is 5.32 Å². The van der Waals surface area contributed by atoms with Crippen LogP contribution < -0.4 is 10.6 Å². The largest absolute Gasteiger partial charge is 0.500 e. The number of piperidine rings is 1. The van der Waals surface area contributed by atoms with Crippen LogP contribution >= 0.6 is 11.8 Å². The zero-order valence-electron chi connectivity index (χ0n) is 23.2. The Hall–Kier alpha value is -3.62. The second-order valence-electron chi connectivity index (χ2n) is 9.53. The van der Waals surface area contributed by atoms with E-state index >= 15 is 0 Å². The number of thioether (sulfide) groups is 1. The van der Waals surface area contributed by atoms with Crippen LogP contribution in [0, 0.1) is 22.5 Å². The van der Waals surface area contributed by atoms with Crippen molar-refractivity contribution in [3.8, 4) is 0 Å². The van der Waals surface area contributed by atoms with E-state index < -0.39 is 40.8 Å². The second kappa shape index (κ2) is 13.8. The van der Waals surface area contributed by atoms with Crippen molar-refractivity contribution in [1.82, 2.24) is 15.1 Å². The normalized spacial score (nSPS) is 16.8. The molecule has 14 heteroatoms. The lowest BCUT2D eigenvalue weighted by Crippen LogP contribution is -2.82. The van der Waals surface area contributed by atoms with Gasteiger partial charge in [-0.15, -0.1) is 0 Å². The molecule has 1 fully saturated rings. The van der Waals surface area contributed by atoms with Crippen molar-refractivity contribution < 1.29 is 38.3 Å². The van der Waals surface area contributed by atoms with E-state index in [-0.39, 0.29) is 39.9 Å². The first kappa shape index (κ1) is 31.9. The van der Waals surface area contributed by atoms with Gasteiger partial charge in [0.1, 0.15) is 28.5 Å². The standard InChI is InChI=1S/C27H34F2N6O5S/c1-4-10-35(27(32-3)8-11-34(12-9-27)26(39)40-5-2)25(38)21-23(37)22(36)18(15-33-21)24(31)41-20(30)13-16-6-7-17(28)14-19(16)29/h6-7,14-15,30-32,37H,4-5,8-13H2,1-3H3,(H,33,36)/p+1. The number of aliphatic hydroxyl groups is 1. The van der Waals surface area contributed by atoms with E-state index in [1.165, 1.54) is 17.6 Å². The average Bonchev–Trinajstić information content (AvgIpc) is 2.94. The molecule has 0 saturated carbocycles. The van der Waals surface area contributed by atoms with Gasteiger partial charge in [-0.3, -0.25) is 31.0 Å². The number of quaternary nitrogens is 1. The summed E-state index contributed by atoms with van der Waals surface area (Å²) in [7, 11) is 1.71. The second-order valence-corrected chi connectivity index (χ2v) is 10.6. The van der Waals surface area contributed by atoms with Crippen molar-refractivity contribution in [2.75, 3.05) is 33.3 Å². The molecule has 0 atom stereocenters. The molecule has 3 rings (SSSR count). The van der Waals surface area contributed by atoms with Gasteiger partial charge in [0.15, 0.2) is 0 Å². The number of carbonyl (C=O) groups excluding carboxylic acids is 3. The van der Waals surface area contributed by atoms with Crippen molar-refractivity contribution in [1.29, 1.82) is 10.8 Å². The fraction of sp³-hybridized carbons (Fsp3) is 0.444. The summed E-state index contributed by atoms with van der Waals surface area (Å²) in [6.07, 6.45) is 1.99. The van der Waals surface area contributed by atoms with Gasteiger partial charge in [0.05, 0.1) is 17.3 Å². The van der Waals surface area contributed by atoms with Crippen LogP contribution in [0.2, 0.25) is 0 Å². The number of allylic oxidation sites excluding steroid dienone is 1. The summed E-state index contributed by atoms with van der Waals surface area (Å²) in [5.41, 5.74) is -1.22. The molecule has 2 aliphatic rings. The summed E-state index contributed by atoms with van der Waals surface area (Å²) in [4.78, 5) is 42.1. The summed E-state index contributed by atoms with van der Waals surface area (Å²) < 4.78 is 32.2. The number of amides is 2. The Kier molecular flexibility index (Phi) is 10.8. The van der Waals surface area contributed by atoms with E-state index in [0.717, 1.165) is 6.07 Å². The summed E-state index contributed by atoms with van der Waals surface area (Å²) in [6.45, 7) is 4.87. The third kappa shape index (κ3) is 7.18. The van der Waals surface area contributed by atoms with Crippen LogP contribution in [0.4, 0.5) is 13.6 Å². The van der Waals surface area contributed by atoms with Crippen molar-refractivity contribution in [2.24, 2.45) is 0 Å². The maximum absolute atomic E-state index is 14.0. The number of likely N-dealkylation sites (tertiary alicyclic amines) is 1. The van der Waals surface area contributed by atoms with Crippen molar-refractivity contribution in [2.45, 2.75) is 45.2 Å². The van der Waals surface area contributed by atoms with Crippen molar-refractivity contribution in [3.05, 3.63) is 58.6 Å². The van der Waals surface area contributed by atoms with Crippen LogP contribution in [-0.4, -0.2) is 81.7 Å². The van der Waals surface area contributed by atoms with Gasteiger partial charge in [-0.25, -0.2) is 13.6 Å².